The van der Waals surface area contributed by atoms with Gasteiger partial charge >= 0.3 is 0 Å². The number of carbonyl (C=O) groups is 1. The molecular weight excluding hydrogens is 276 g/mol. The number of phenols is 2. The van der Waals surface area contributed by atoms with E-state index in [0.717, 1.165) is 5.56 Å². The van der Waals surface area contributed by atoms with Crippen molar-refractivity contribution < 1.29 is 15.0 Å². The second-order valence-electron chi connectivity index (χ2n) is 4.90. The van der Waals surface area contributed by atoms with Crippen LogP contribution in [0.5, 0.6) is 11.5 Å². The summed E-state index contributed by atoms with van der Waals surface area (Å²) in [6, 6.07) is 9.74. The molecule has 0 atom stereocenters. The molecule has 104 valence electrons. The Kier molecular flexibility index (Phi) is 4.00. The minimum Gasteiger partial charge on any atom is -0.504 e. The molecule has 0 saturated carbocycles. The van der Waals surface area contributed by atoms with E-state index in [1.807, 2.05) is 12.1 Å². The molecule has 20 heavy (non-hydrogen) atoms. The van der Waals surface area contributed by atoms with Crippen LogP contribution in [-0.4, -0.2) is 16.0 Å². The third-order valence-corrected chi connectivity index (χ3v) is 3.49. The predicted molar refractivity (Wildman–Crippen MR) is 78.7 cm³/mol. The molecule has 0 saturated heterocycles. The van der Waals surface area contributed by atoms with Crippen molar-refractivity contribution in [3.8, 4) is 11.5 Å². The van der Waals surface area contributed by atoms with Gasteiger partial charge in [0.05, 0.1) is 10.6 Å². The molecule has 0 aromatic heterocycles. The largest absolute Gasteiger partial charge is 0.504 e. The zero-order chi connectivity index (χ0) is 14.9. The average Bonchev–Trinajstić information content (AvgIpc) is 2.43. The first-order valence-electron chi connectivity index (χ1n) is 6.27. The maximum atomic E-state index is 12.4. The molecule has 0 radical (unpaired) electrons. The fourth-order valence-electron chi connectivity index (χ4n) is 1.94. The van der Waals surface area contributed by atoms with Gasteiger partial charge in [-0.25, -0.2) is 0 Å². The van der Waals surface area contributed by atoms with E-state index in [1.54, 1.807) is 12.1 Å². The Morgan fingerprint density at radius 3 is 2.20 bits per heavy atom. The maximum Gasteiger partial charge on any atom is 0.198 e. The first kappa shape index (κ1) is 14.4. The summed E-state index contributed by atoms with van der Waals surface area (Å²) in [6.45, 7) is 4.13. The molecule has 2 aromatic rings. The summed E-state index contributed by atoms with van der Waals surface area (Å²) in [5.74, 6) is -0.900. The van der Waals surface area contributed by atoms with E-state index in [4.69, 9.17) is 11.6 Å². The van der Waals surface area contributed by atoms with Gasteiger partial charge in [0.15, 0.2) is 17.3 Å². The highest BCUT2D eigenvalue weighted by Gasteiger charge is 2.20. The lowest BCUT2D eigenvalue weighted by Gasteiger charge is -2.09. The van der Waals surface area contributed by atoms with Gasteiger partial charge in [-0.3, -0.25) is 4.79 Å². The van der Waals surface area contributed by atoms with Crippen molar-refractivity contribution in [2.75, 3.05) is 0 Å². The highest BCUT2D eigenvalue weighted by atomic mass is 35.5. The lowest BCUT2D eigenvalue weighted by atomic mass is 9.97. The van der Waals surface area contributed by atoms with Crippen molar-refractivity contribution >= 4 is 17.4 Å². The lowest BCUT2D eigenvalue weighted by molar-refractivity contribution is 0.103. The SMILES string of the molecule is CC(C)c1ccc(C(=O)c2c(Cl)ccc(O)c2O)cc1. The number of halogens is 1. The van der Waals surface area contributed by atoms with Crippen LogP contribution < -0.4 is 0 Å². The van der Waals surface area contributed by atoms with Gasteiger partial charge in [-0.05, 0) is 23.6 Å². The average molecular weight is 291 g/mol. The van der Waals surface area contributed by atoms with E-state index in [1.165, 1.54) is 12.1 Å². The van der Waals surface area contributed by atoms with Crippen LogP contribution in [0.1, 0.15) is 41.3 Å². The number of aromatic hydroxyl groups is 2. The van der Waals surface area contributed by atoms with Crippen molar-refractivity contribution in [2.24, 2.45) is 0 Å². The molecule has 0 amide bonds. The van der Waals surface area contributed by atoms with Crippen LogP contribution in [0.15, 0.2) is 36.4 Å². The Hall–Kier alpha value is -2.00. The number of hydrogen-bond donors (Lipinski definition) is 2. The second-order valence-corrected chi connectivity index (χ2v) is 5.30. The quantitative estimate of drug-likeness (QED) is 0.661. The van der Waals surface area contributed by atoms with Crippen molar-refractivity contribution in [2.45, 2.75) is 19.8 Å². The smallest absolute Gasteiger partial charge is 0.198 e. The Balaban J connectivity index is 2.44. The summed E-state index contributed by atoms with van der Waals surface area (Å²) < 4.78 is 0. The third-order valence-electron chi connectivity index (χ3n) is 3.17. The molecule has 4 heteroatoms. The standard InChI is InChI=1S/C16H15ClO3/c1-9(2)10-3-5-11(6-4-10)15(19)14-12(17)7-8-13(18)16(14)20/h3-9,18,20H,1-2H3. The summed E-state index contributed by atoms with van der Waals surface area (Å²) in [5.41, 5.74) is 1.45. The predicted octanol–water partition coefficient (Wildman–Crippen LogP) is 4.11. The van der Waals surface area contributed by atoms with Crippen LogP contribution in [0.3, 0.4) is 0 Å². The van der Waals surface area contributed by atoms with Crippen LogP contribution in [0.4, 0.5) is 0 Å². The zero-order valence-corrected chi connectivity index (χ0v) is 12.0. The van der Waals surface area contributed by atoms with E-state index in [-0.39, 0.29) is 16.3 Å². The maximum absolute atomic E-state index is 12.4. The first-order chi connectivity index (χ1) is 9.41. The summed E-state index contributed by atoms with van der Waals surface area (Å²) in [7, 11) is 0. The summed E-state index contributed by atoms with van der Waals surface area (Å²) >= 11 is 5.94. The molecule has 0 spiro atoms. The van der Waals surface area contributed by atoms with Gasteiger partial charge in [0, 0.05) is 5.56 Å². The van der Waals surface area contributed by atoms with Crippen LogP contribution in [0.2, 0.25) is 5.02 Å². The molecule has 3 nitrogen and oxygen atoms in total. The van der Waals surface area contributed by atoms with Crippen LogP contribution in [0.25, 0.3) is 0 Å². The topological polar surface area (TPSA) is 57.5 Å². The zero-order valence-electron chi connectivity index (χ0n) is 11.2. The van der Waals surface area contributed by atoms with E-state index >= 15 is 0 Å². The number of hydrogen-bond acceptors (Lipinski definition) is 3. The fraction of sp³-hybridized carbons (Fsp3) is 0.188. The number of rotatable bonds is 3. The molecular formula is C16H15ClO3. The van der Waals surface area contributed by atoms with Crippen LogP contribution >= 0.6 is 11.6 Å². The Morgan fingerprint density at radius 1 is 1.05 bits per heavy atom. The van der Waals surface area contributed by atoms with Crippen molar-refractivity contribution in [3.05, 3.63) is 58.1 Å². The van der Waals surface area contributed by atoms with E-state index in [0.29, 0.717) is 11.5 Å². The monoisotopic (exact) mass is 290 g/mol. The van der Waals surface area contributed by atoms with Gasteiger partial charge in [-0.1, -0.05) is 49.7 Å². The molecule has 0 aliphatic carbocycles. The molecule has 0 unspecified atom stereocenters. The highest BCUT2D eigenvalue weighted by molar-refractivity contribution is 6.35. The molecule has 2 rings (SSSR count). The first-order valence-corrected chi connectivity index (χ1v) is 6.64. The van der Waals surface area contributed by atoms with Gasteiger partial charge in [0.2, 0.25) is 0 Å². The Labute approximate surface area is 122 Å². The normalized spacial score (nSPS) is 10.8. The lowest BCUT2D eigenvalue weighted by Crippen LogP contribution is -2.03. The molecule has 0 aliphatic heterocycles. The molecule has 0 heterocycles. The fourth-order valence-corrected chi connectivity index (χ4v) is 2.17. The number of carbonyl (C=O) groups excluding carboxylic acids is 1. The summed E-state index contributed by atoms with van der Waals surface area (Å²) in [5, 5.41) is 19.4. The van der Waals surface area contributed by atoms with E-state index < -0.39 is 11.5 Å². The summed E-state index contributed by atoms with van der Waals surface area (Å²) in [6.07, 6.45) is 0. The molecule has 0 fully saturated rings. The Bertz CT molecular complexity index is 646. The molecule has 0 aliphatic rings. The van der Waals surface area contributed by atoms with E-state index in [2.05, 4.69) is 13.8 Å². The molecule has 2 aromatic carbocycles. The second kappa shape index (κ2) is 5.55. The van der Waals surface area contributed by atoms with Gasteiger partial charge in [-0.15, -0.1) is 0 Å². The van der Waals surface area contributed by atoms with Crippen LogP contribution in [-0.2, 0) is 0 Å². The van der Waals surface area contributed by atoms with Gasteiger partial charge in [-0.2, -0.15) is 0 Å². The van der Waals surface area contributed by atoms with Crippen molar-refractivity contribution in [3.63, 3.8) is 0 Å². The third kappa shape index (κ3) is 2.63. The van der Waals surface area contributed by atoms with Gasteiger partial charge in [0.25, 0.3) is 0 Å². The van der Waals surface area contributed by atoms with Gasteiger partial charge < -0.3 is 10.2 Å². The van der Waals surface area contributed by atoms with Crippen molar-refractivity contribution in [1.29, 1.82) is 0 Å². The van der Waals surface area contributed by atoms with Gasteiger partial charge in [0.1, 0.15) is 0 Å². The highest BCUT2D eigenvalue weighted by Crippen LogP contribution is 2.35. The minimum absolute atomic E-state index is 0.0797. The minimum atomic E-state index is -0.490. The van der Waals surface area contributed by atoms with Crippen molar-refractivity contribution in [1.82, 2.24) is 0 Å². The van der Waals surface area contributed by atoms with Crippen LogP contribution in [0, 0.1) is 0 Å². The number of phenolic OH excluding ortho intramolecular Hbond substituents is 2. The number of benzene rings is 2. The van der Waals surface area contributed by atoms with E-state index in [9.17, 15) is 15.0 Å². The summed E-state index contributed by atoms with van der Waals surface area (Å²) in [4.78, 5) is 12.4. The molecule has 2 N–H and O–H groups in total. The Morgan fingerprint density at radius 2 is 1.65 bits per heavy atom. The number of ketones is 1. The molecule has 0 bridgehead atoms.